The summed E-state index contributed by atoms with van der Waals surface area (Å²) in [6.07, 6.45) is -2.21. The molecule has 358 valence electrons. The standard InChI is InChI=1S/C48H51N4O15P/c1-31-25-51(47(57)49-45(31)55)43-23-39(53)41(66-43)29-63-19-18-61-27-37-14-8-33(9-15-37)6-12-35-4-3-5-36(22-35)13-7-34-10-16-38(17-11-34)28-62-20-21-64-68(59,60)65-30-42-40(54)24-44(67-42)52-26-32(2)46(56)50-48(52)58/h3-5,8-11,14-17,22,25-26,39-44,53-54H,18-21,23-24,27-30H2,1-2H3,(H,59,60)(H,49,55,57)(H,50,56,58)/t39-,40-,41+,42+,43+,44+/m0/s1. The van der Waals surface area contributed by atoms with Gasteiger partial charge in [-0.2, -0.15) is 0 Å². The number of H-pyrrole nitrogens is 2. The highest BCUT2D eigenvalue weighted by molar-refractivity contribution is 7.47. The van der Waals surface area contributed by atoms with Gasteiger partial charge >= 0.3 is 19.2 Å². The van der Waals surface area contributed by atoms with E-state index >= 15 is 0 Å². The minimum Gasteiger partial charge on any atom is -0.390 e. The second kappa shape index (κ2) is 23.3. The van der Waals surface area contributed by atoms with E-state index in [9.17, 15) is 38.8 Å². The summed E-state index contributed by atoms with van der Waals surface area (Å²) in [5.41, 5.74) is 3.42. The molecule has 0 spiro atoms. The normalized spacial score (nSPS) is 20.8. The summed E-state index contributed by atoms with van der Waals surface area (Å²) in [6, 6.07) is 22.8. The van der Waals surface area contributed by atoms with Crippen LogP contribution in [0.5, 0.6) is 0 Å². The van der Waals surface area contributed by atoms with E-state index in [1.807, 2.05) is 72.8 Å². The van der Waals surface area contributed by atoms with E-state index in [-0.39, 0.29) is 51.4 Å². The number of phosphoric acid groups is 1. The molecule has 7 rings (SSSR count). The van der Waals surface area contributed by atoms with Crippen LogP contribution in [0.2, 0.25) is 0 Å². The van der Waals surface area contributed by atoms with Gasteiger partial charge in [0.1, 0.15) is 24.7 Å². The number of hydrogen-bond donors (Lipinski definition) is 5. The summed E-state index contributed by atoms with van der Waals surface area (Å²) in [7, 11) is -4.51. The van der Waals surface area contributed by atoms with Crippen molar-refractivity contribution in [2.45, 2.75) is 76.8 Å². The number of ether oxygens (including phenoxy) is 5. The van der Waals surface area contributed by atoms with E-state index in [4.69, 9.17) is 32.7 Å². The molecule has 5 aromatic rings. The minimum atomic E-state index is -4.51. The average molecular weight is 955 g/mol. The van der Waals surface area contributed by atoms with Gasteiger partial charge in [-0.15, -0.1) is 0 Å². The number of benzene rings is 3. The van der Waals surface area contributed by atoms with Crippen molar-refractivity contribution in [2.24, 2.45) is 0 Å². The minimum absolute atomic E-state index is 0.00517. The van der Waals surface area contributed by atoms with Crippen molar-refractivity contribution >= 4 is 7.82 Å². The Morgan fingerprint density at radius 1 is 0.618 bits per heavy atom. The molecule has 2 fully saturated rings. The largest absolute Gasteiger partial charge is 0.472 e. The molecular formula is C48H51N4O15P. The van der Waals surface area contributed by atoms with E-state index in [1.54, 1.807) is 6.92 Å². The molecule has 7 atom stereocenters. The van der Waals surface area contributed by atoms with Crippen molar-refractivity contribution in [1.29, 1.82) is 0 Å². The fourth-order valence-corrected chi connectivity index (χ4v) is 7.83. The van der Waals surface area contributed by atoms with Crippen molar-refractivity contribution in [2.75, 3.05) is 39.6 Å². The third-order valence-electron chi connectivity index (χ3n) is 10.9. The first kappa shape index (κ1) is 49.9. The van der Waals surface area contributed by atoms with Crippen LogP contribution in [0, 0.1) is 37.5 Å². The molecule has 0 saturated carbocycles. The van der Waals surface area contributed by atoms with E-state index in [2.05, 4.69) is 33.6 Å². The van der Waals surface area contributed by atoms with Crippen molar-refractivity contribution in [1.82, 2.24) is 19.1 Å². The fraction of sp³-hybridized carbons (Fsp3) is 0.375. The van der Waals surface area contributed by atoms with Crippen molar-refractivity contribution in [3.8, 4) is 23.7 Å². The lowest BCUT2D eigenvalue weighted by molar-refractivity contribution is -0.0709. The van der Waals surface area contributed by atoms with E-state index in [0.29, 0.717) is 18.8 Å². The second-order valence-corrected chi connectivity index (χ2v) is 17.5. The summed E-state index contributed by atoms with van der Waals surface area (Å²) in [6.45, 7) is 3.72. The maximum atomic E-state index is 12.4. The number of rotatable bonds is 18. The zero-order chi connectivity index (χ0) is 48.2. The van der Waals surface area contributed by atoms with Crippen molar-refractivity contribution in [3.05, 3.63) is 171 Å². The predicted octanol–water partition coefficient (Wildman–Crippen LogP) is 2.68. The number of phosphoric ester groups is 1. The van der Waals surface area contributed by atoms with Crippen molar-refractivity contribution in [3.63, 3.8) is 0 Å². The van der Waals surface area contributed by atoms with Crippen LogP contribution in [-0.2, 0) is 50.5 Å². The number of aromatic nitrogens is 4. The molecule has 3 aromatic carbocycles. The molecule has 20 heteroatoms. The van der Waals surface area contributed by atoms with Gasteiger partial charge in [0.05, 0.1) is 65.1 Å². The maximum Gasteiger partial charge on any atom is 0.472 e. The molecule has 0 aliphatic carbocycles. The number of aryl methyl sites for hydroxylation is 2. The number of nitrogens with zero attached hydrogens (tertiary/aromatic N) is 2. The molecule has 0 amide bonds. The Labute approximate surface area is 389 Å². The first-order chi connectivity index (χ1) is 32.7. The zero-order valence-corrected chi connectivity index (χ0v) is 38.1. The first-order valence-electron chi connectivity index (χ1n) is 21.7. The summed E-state index contributed by atoms with van der Waals surface area (Å²) in [5.74, 6) is 12.7. The zero-order valence-electron chi connectivity index (χ0n) is 37.2. The maximum absolute atomic E-state index is 12.4. The number of aliphatic hydroxyl groups excluding tert-OH is 2. The van der Waals surface area contributed by atoms with Gasteiger partial charge in [0.25, 0.3) is 11.1 Å². The Kier molecular flexibility index (Phi) is 17.1. The van der Waals surface area contributed by atoms with Gasteiger partial charge in [0.2, 0.25) is 0 Å². The van der Waals surface area contributed by atoms with Gasteiger partial charge in [0.15, 0.2) is 0 Å². The highest BCUT2D eigenvalue weighted by Crippen LogP contribution is 2.44. The second-order valence-electron chi connectivity index (χ2n) is 16.1. The van der Waals surface area contributed by atoms with Gasteiger partial charge < -0.3 is 38.8 Å². The van der Waals surface area contributed by atoms with E-state index in [1.165, 1.54) is 23.9 Å². The molecule has 5 N–H and O–H groups in total. The molecule has 0 bridgehead atoms. The summed E-state index contributed by atoms with van der Waals surface area (Å²) < 4.78 is 53.3. The van der Waals surface area contributed by atoms with E-state index in [0.717, 1.165) is 37.9 Å². The van der Waals surface area contributed by atoms with Crippen molar-refractivity contribution < 1.29 is 52.4 Å². The van der Waals surface area contributed by atoms with Gasteiger partial charge in [-0.25, -0.2) is 14.2 Å². The van der Waals surface area contributed by atoms with Crippen LogP contribution in [0.1, 0.15) is 69.8 Å². The number of aromatic amines is 2. The number of aliphatic hydroxyl groups is 2. The SMILES string of the molecule is Cc1cn([C@H]2C[C@H](O)[C@@H](COCCOCc3ccc(C#Cc4cccc(C#Cc5ccc(COCCOP(=O)(O)OC[C@H]6O[C@@H](n7cc(C)c(=O)[nH]c7=O)C[C@@H]6O)cc5)c4)cc3)O2)c(=O)[nH]c1=O. The molecule has 19 nitrogen and oxygen atoms in total. The molecule has 2 aliphatic heterocycles. The lowest BCUT2D eigenvalue weighted by atomic mass is 10.1. The van der Waals surface area contributed by atoms with Crippen LogP contribution in [0.3, 0.4) is 0 Å². The Morgan fingerprint density at radius 3 is 1.56 bits per heavy atom. The summed E-state index contributed by atoms with van der Waals surface area (Å²) >= 11 is 0. The average Bonchev–Trinajstić information content (AvgIpc) is 3.88. The smallest absolute Gasteiger partial charge is 0.390 e. The Morgan fingerprint density at radius 2 is 1.06 bits per heavy atom. The number of nitrogens with one attached hydrogen (secondary N) is 2. The van der Waals surface area contributed by atoms with Gasteiger partial charge in [0, 0.05) is 58.6 Å². The Balaban J connectivity index is 0.768. The highest BCUT2D eigenvalue weighted by Gasteiger charge is 2.38. The molecule has 0 radical (unpaired) electrons. The lowest BCUT2D eigenvalue weighted by Crippen LogP contribution is -2.33. The van der Waals surface area contributed by atoms with Gasteiger partial charge in [-0.05, 0) is 67.4 Å². The highest BCUT2D eigenvalue weighted by atomic mass is 31.2. The molecule has 4 heterocycles. The molecule has 2 aromatic heterocycles. The predicted molar refractivity (Wildman–Crippen MR) is 244 cm³/mol. The number of hydrogen-bond acceptors (Lipinski definition) is 14. The van der Waals surface area contributed by atoms with Crippen LogP contribution in [0.25, 0.3) is 0 Å². The summed E-state index contributed by atoms with van der Waals surface area (Å²) in [4.78, 5) is 62.2. The molecule has 2 aliphatic rings. The molecular weight excluding hydrogens is 904 g/mol. The summed E-state index contributed by atoms with van der Waals surface area (Å²) in [5, 5.41) is 20.8. The van der Waals surface area contributed by atoms with Crippen LogP contribution in [0.4, 0.5) is 0 Å². The lowest BCUT2D eigenvalue weighted by Gasteiger charge is -2.18. The Hall–Kier alpha value is -6.03. The van der Waals surface area contributed by atoms with Gasteiger partial charge in [-0.1, -0.05) is 54.0 Å². The monoisotopic (exact) mass is 954 g/mol. The quantitative estimate of drug-likeness (QED) is 0.0481. The topological polar surface area (TPSA) is 252 Å². The van der Waals surface area contributed by atoms with Gasteiger partial charge in [-0.3, -0.25) is 37.7 Å². The van der Waals surface area contributed by atoms with Crippen LogP contribution < -0.4 is 22.5 Å². The van der Waals surface area contributed by atoms with Crippen LogP contribution in [0.15, 0.2) is 104 Å². The van der Waals surface area contributed by atoms with Crippen LogP contribution >= 0.6 is 7.82 Å². The third kappa shape index (κ3) is 14.0. The fourth-order valence-electron chi connectivity index (χ4n) is 7.12. The molecule has 2 saturated heterocycles. The Bertz CT molecular complexity index is 2940. The molecule has 68 heavy (non-hydrogen) atoms. The van der Waals surface area contributed by atoms with Crippen LogP contribution in [-0.4, -0.2) is 98.3 Å². The molecule has 1 unspecified atom stereocenters. The van der Waals surface area contributed by atoms with E-state index < -0.39 is 73.8 Å². The first-order valence-corrected chi connectivity index (χ1v) is 23.2. The third-order valence-corrected chi connectivity index (χ3v) is 11.9.